The molecule has 0 radical (unpaired) electrons. The molecule has 0 saturated carbocycles. The summed E-state index contributed by atoms with van der Waals surface area (Å²) in [5.41, 5.74) is 1.89. The smallest absolute Gasteiger partial charge is 0.339 e. The van der Waals surface area contributed by atoms with E-state index in [4.69, 9.17) is 4.74 Å². The van der Waals surface area contributed by atoms with Crippen LogP contribution < -0.4 is 9.80 Å². The first-order valence-electron chi connectivity index (χ1n) is 11.1. The SMILES string of the molecule is CC1CCN(C(=O)COC(=O)c2ccccc2C(=O)N(C)c2ccccc2)c2ccccc2S1. The molecular weight excluding hydrogens is 448 g/mol. The quantitative estimate of drug-likeness (QED) is 0.485. The third-order valence-electron chi connectivity index (χ3n) is 5.70. The molecule has 174 valence electrons. The fraction of sp³-hybridized carbons (Fsp3) is 0.222. The van der Waals surface area contributed by atoms with Gasteiger partial charge in [0, 0.05) is 29.4 Å². The zero-order chi connectivity index (χ0) is 24.1. The third-order valence-corrected chi connectivity index (χ3v) is 6.93. The minimum Gasteiger partial charge on any atom is -0.452 e. The molecule has 0 fully saturated rings. The number of esters is 1. The lowest BCUT2D eigenvalue weighted by atomic mass is 10.1. The van der Waals surface area contributed by atoms with Crippen molar-refractivity contribution >= 4 is 40.9 Å². The number of rotatable bonds is 5. The van der Waals surface area contributed by atoms with Gasteiger partial charge < -0.3 is 14.5 Å². The highest BCUT2D eigenvalue weighted by molar-refractivity contribution is 8.00. The number of nitrogens with zero attached hydrogens (tertiary/aromatic N) is 2. The topological polar surface area (TPSA) is 66.9 Å². The molecule has 6 nitrogen and oxygen atoms in total. The second-order valence-corrected chi connectivity index (χ2v) is 9.53. The molecule has 1 heterocycles. The highest BCUT2D eigenvalue weighted by Crippen LogP contribution is 2.37. The van der Waals surface area contributed by atoms with Crippen LogP contribution in [-0.4, -0.2) is 43.2 Å². The number of thioether (sulfide) groups is 1. The summed E-state index contributed by atoms with van der Waals surface area (Å²) in [6, 6.07) is 23.4. The van der Waals surface area contributed by atoms with Gasteiger partial charge in [0.05, 0.1) is 16.8 Å². The van der Waals surface area contributed by atoms with Gasteiger partial charge in [0.2, 0.25) is 0 Å². The maximum absolute atomic E-state index is 13.1. The number of para-hydroxylation sites is 2. The average molecular weight is 475 g/mol. The molecule has 34 heavy (non-hydrogen) atoms. The highest BCUT2D eigenvalue weighted by atomic mass is 32.2. The van der Waals surface area contributed by atoms with Crippen LogP contribution in [0.15, 0.2) is 83.8 Å². The summed E-state index contributed by atoms with van der Waals surface area (Å²) >= 11 is 1.74. The van der Waals surface area contributed by atoms with Crippen LogP contribution in [0.25, 0.3) is 0 Å². The summed E-state index contributed by atoms with van der Waals surface area (Å²) in [4.78, 5) is 43.2. The van der Waals surface area contributed by atoms with Gasteiger partial charge >= 0.3 is 5.97 Å². The normalized spacial score (nSPS) is 15.1. The van der Waals surface area contributed by atoms with E-state index in [9.17, 15) is 14.4 Å². The van der Waals surface area contributed by atoms with Crippen molar-refractivity contribution in [2.45, 2.75) is 23.5 Å². The molecule has 1 aliphatic rings. The molecule has 0 aromatic heterocycles. The van der Waals surface area contributed by atoms with Crippen molar-refractivity contribution in [3.05, 3.63) is 90.0 Å². The van der Waals surface area contributed by atoms with E-state index < -0.39 is 12.6 Å². The summed E-state index contributed by atoms with van der Waals surface area (Å²) in [5.74, 6) is -1.33. The van der Waals surface area contributed by atoms with Crippen LogP contribution in [0.2, 0.25) is 0 Å². The monoisotopic (exact) mass is 474 g/mol. The molecule has 0 N–H and O–H groups in total. The Labute approximate surface area is 203 Å². The Morgan fingerprint density at radius 2 is 1.59 bits per heavy atom. The Morgan fingerprint density at radius 1 is 0.941 bits per heavy atom. The lowest BCUT2D eigenvalue weighted by Crippen LogP contribution is -2.36. The van der Waals surface area contributed by atoms with E-state index >= 15 is 0 Å². The number of hydrogen-bond acceptors (Lipinski definition) is 5. The third kappa shape index (κ3) is 5.15. The molecule has 0 aliphatic carbocycles. The van der Waals surface area contributed by atoms with Crippen LogP contribution >= 0.6 is 11.8 Å². The molecule has 4 rings (SSSR count). The van der Waals surface area contributed by atoms with Crippen molar-refractivity contribution in [1.82, 2.24) is 0 Å². The largest absolute Gasteiger partial charge is 0.452 e. The van der Waals surface area contributed by atoms with E-state index in [0.29, 0.717) is 17.5 Å². The molecule has 0 spiro atoms. The minimum atomic E-state index is -0.704. The van der Waals surface area contributed by atoms with E-state index in [-0.39, 0.29) is 22.9 Å². The number of fused-ring (bicyclic) bond motifs is 1. The zero-order valence-electron chi connectivity index (χ0n) is 19.1. The number of hydrogen-bond donors (Lipinski definition) is 0. The predicted molar refractivity (Wildman–Crippen MR) is 135 cm³/mol. The molecule has 1 unspecified atom stereocenters. The predicted octanol–water partition coefficient (Wildman–Crippen LogP) is 5.04. The Bertz CT molecular complexity index is 1200. The van der Waals surface area contributed by atoms with Crippen molar-refractivity contribution in [3.8, 4) is 0 Å². The van der Waals surface area contributed by atoms with Crippen molar-refractivity contribution in [2.24, 2.45) is 0 Å². The van der Waals surface area contributed by atoms with Crippen molar-refractivity contribution < 1.29 is 19.1 Å². The van der Waals surface area contributed by atoms with E-state index in [1.54, 1.807) is 48.0 Å². The van der Waals surface area contributed by atoms with Gasteiger partial charge in [-0.1, -0.05) is 49.4 Å². The van der Waals surface area contributed by atoms with Gasteiger partial charge in [-0.3, -0.25) is 9.59 Å². The fourth-order valence-electron chi connectivity index (χ4n) is 3.83. The number of carbonyl (C=O) groups excluding carboxylic acids is 3. The molecule has 0 bridgehead atoms. The number of carbonyl (C=O) groups is 3. The first-order valence-corrected chi connectivity index (χ1v) is 12.0. The second-order valence-electron chi connectivity index (χ2n) is 8.05. The van der Waals surface area contributed by atoms with Crippen LogP contribution in [0.4, 0.5) is 11.4 Å². The number of ether oxygens (including phenoxy) is 1. The van der Waals surface area contributed by atoms with Gasteiger partial charge in [-0.25, -0.2) is 4.79 Å². The molecule has 2 amide bonds. The van der Waals surface area contributed by atoms with E-state index in [1.807, 2.05) is 54.6 Å². The molecule has 0 saturated heterocycles. The van der Waals surface area contributed by atoms with Crippen molar-refractivity contribution in [2.75, 3.05) is 30.0 Å². The maximum atomic E-state index is 13.1. The summed E-state index contributed by atoms with van der Waals surface area (Å²) in [6.07, 6.45) is 0.836. The van der Waals surface area contributed by atoms with Crippen molar-refractivity contribution in [3.63, 3.8) is 0 Å². The molecule has 1 atom stereocenters. The zero-order valence-corrected chi connectivity index (χ0v) is 20.0. The standard InChI is InChI=1S/C27H26N2O4S/c1-19-16-17-29(23-14-8-9-15-24(23)34-19)25(30)18-33-27(32)22-13-7-6-12-21(22)26(31)28(2)20-10-4-3-5-11-20/h3-15,19H,16-18H2,1-2H3. The average Bonchev–Trinajstić information content (AvgIpc) is 3.04. The molecule has 7 heteroatoms. The Hall–Kier alpha value is -3.58. The molecule has 3 aromatic carbocycles. The van der Waals surface area contributed by atoms with E-state index in [2.05, 4.69) is 6.92 Å². The van der Waals surface area contributed by atoms with Gasteiger partial charge in [-0.2, -0.15) is 0 Å². The molecule has 1 aliphatic heterocycles. The number of anilines is 2. The van der Waals surface area contributed by atoms with Gasteiger partial charge in [0.1, 0.15) is 0 Å². The Balaban J connectivity index is 1.48. The van der Waals surface area contributed by atoms with Gasteiger partial charge in [-0.15, -0.1) is 11.8 Å². The highest BCUT2D eigenvalue weighted by Gasteiger charge is 2.26. The Kier molecular flexibility index (Phi) is 7.33. The van der Waals surface area contributed by atoms with Crippen LogP contribution in [0.1, 0.15) is 34.1 Å². The number of amides is 2. The van der Waals surface area contributed by atoms with Gasteiger partial charge in [0.25, 0.3) is 11.8 Å². The minimum absolute atomic E-state index is 0.128. The van der Waals surface area contributed by atoms with Crippen LogP contribution in [-0.2, 0) is 9.53 Å². The summed E-state index contributed by atoms with van der Waals surface area (Å²) in [5, 5.41) is 0.376. The van der Waals surface area contributed by atoms with Gasteiger partial charge in [0.15, 0.2) is 6.61 Å². The lowest BCUT2D eigenvalue weighted by molar-refractivity contribution is -0.121. The van der Waals surface area contributed by atoms with Crippen LogP contribution in [0, 0.1) is 0 Å². The van der Waals surface area contributed by atoms with Crippen LogP contribution in [0.3, 0.4) is 0 Å². The number of benzene rings is 3. The fourth-order valence-corrected chi connectivity index (χ4v) is 4.94. The first kappa shape index (κ1) is 23.6. The second kappa shape index (κ2) is 10.6. The first-order chi connectivity index (χ1) is 16.5. The van der Waals surface area contributed by atoms with Crippen molar-refractivity contribution in [1.29, 1.82) is 0 Å². The molecular formula is C27H26N2O4S. The maximum Gasteiger partial charge on any atom is 0.339 e. The Morgan fingerprint density at radius 3 is 2.35 bits per heavy atom. The summed E-state index contributed by atoms with van der Waals surface area (Å²) < 4.78 is 5.39. The van der Waals surface area contributed by atoms with Crippen LogP contribution in [0.5, 0.6) is 0 Å². The van der Waals surface area contributed by atoms with Gasteiger partial charge in [-0.05, 0) is 42.8 Å². The van der Waals surface area contributed by atoms with E-state index in [0.717, 1.165) is 17.0 Å². The molecule has 3 aromatic rings. The van der Waals surface area contributed by atoms with E-state index in [1.165, 1.54) is 4.90 Å². The summed E-state index contributed by atoms with van der Waals surface area (Å²) in [7, 11) is 1.65. The summed E-state index contributed by atoms with van der Waals surface area (Å²) in [6.45, 7) is 2.29. The lowest BCUT2D eigenvalue weighted by Gasteiger charge is -2.22.